The van der Waals surface area contributed by atoms with Gasteiger partial charge in [-0.1, -0.05) is 44.0 Å². The molecule has 1 fully saturated rings. The van der Waals surface area contributed by atoms with Gasteiger partial charge in [-0.2, -0.15) is 18.3 Å². The first-order valence-corrected chi connectivity index (χ1v) is 13.4. The molecule has 7 nitrogen and oxygen atoms in total. The first-order chi connectivity index (χ1) is 18.0. The summed E-state index contributed by atoms with van der Waals surface area (Å²) in [5.74, 6) is -2.40. The van der Waals surface area contributed by atoms with E-state index in [-0.39, 0.29) is 38.8 Å². The smallest absolute Gasteiger partial charge is 0.433 e. The molecule has 1 aliphatic carbocycles. The van der Waals surface area contributed by atoms with E-state index in [1.807, 2.05) is 27.7 Å². The molecule has 1 atom stereocenters. The van der Waals surface area contributed by atoms with Crippen molar-refractivity contribution >= 4 is 35.1 Å². The van der Waals surface area contributed by atoms with Crippen LogP contribution >= 0.6 is 23.2 Å². The van der Waals surface area contributed by atoms with Crippen molar-refractivity contribution in [1.29, 1.82) is 0 Å². The largest absolute Gasteiger partial charge is 0.481 e. The lowest BCUT2D eigenvalue weighted by molar-refractivity contribution is -0.147. The Morgan fingerprint density at radius 3 is 2.18 bits per heavy atom. The molecule has 1 heterocycles. The standard InChI is InChI=1S/C27H34Cl2F3N3O4/c1-15-10-19(28)22(20(29)11-15)21(39-5)13-34(14-26(2,3)4)24(36)18-12-33-35(23(18)27(30,31)32)17-8-6-16(7-9-17)25(37)38/h10-12,16-17,21H,6-9,13-14H2,1-5H3,(H,37,38)/t16?,17?,21-/m1/s1. The third-order valence-corrected chi connectivity index (χ3v) is 7.48. The van der Waals surface area contributed by atoms with E-state index < -0.39 is 52.8 Å². The van der Waals surface area contributed by atoms with Gasteiger partial charge in [-0.15, -0.1) is 0 Å². The SMILES string of the molecule is CO[C@H](CN(CC(C)(C)C)C(=O)c1cnn(C2CCC(C(=O)O)CC2)c1C(F)(F)F)c1c(Cl)cc(C)cc1Cl. The summed E-state index contributed by atoms with van der Waals surface area (Å²) in [7, 11) is 1.42. The van der Waals surface area contributed by atoms with Crippen molar-refractivity contribution in [3.63, 3.8) is 0 Å². The number of aliphatic carboxylic acids is 1. The van der Waals surface area contributed by atoms with Gasteiger partial charge in [0.05, 0.1) is 30.3 Å². The van der Waals surface area contributed by atoms with E-state index in [0.29, 0.717) is 15.6 Å². The molecule has 216 valence electrons. The summed E-state index contributed by atoms with van der Waals surface area (Å²) in [5, 5.41) is 13.9. The molecule has 0 bridgehead atoms. The van der Waals surface area contributed by atoms with Gasteiger partial charge in [-0.25, -0.2) is 0 Å². The lowest BCUT2D eigenvalue weighted by atomic mass is 9.86. The predicted molar refractivity (Wildman–Crippen MR) is 142 cm³/mol. The predicted octanol–water partition coefficient (Wildman–Crippen LogP) is 7.21. The zero-order chi connectivity index (χ0) is 29.3. The molecule has 1 aliphatic rings. The summed E-state index contributed by atoms with van der Waals surface area (Å²) >= 11 is 12.9. The fraction of sp³-hybridized carbons (Fsp3) is 0.593. The van der Waals surface area contributed by atoms with Crippen LogP contribution in [0, 0.1) is 18.3 Å². The van der Waals surface area contributed by atoms with Crippen molar-refractivity contribution in [2.45, 2.75) is 71.7 Å². The number of benzene rings is 1. The Hall–Kier alpha value is -2.30. The van der Waals surface area contributed by atoms with Gasteiger partial charge in [-0.05, 0) is 55.7 Å². The summed E-state index contributed by atoms with van der Waals surface area (Å²) in [4.78, 5) is 26.4. The molecule has 0 spiro atoms. The third kappa shape index (κ3) is 7.46. The highest BCUT2D eigenvalue weighted by atomic mass is 35.5. The van der Waals surface area contributed by atoms with E-state index in [4.69, 9.17) is 27.9 Å². The van der Waals surface area contributed by atoms with Crippen LogP contribution in [0.25, 0.3) is 0 Å². The van der Waals surface area contributed by atoms with Crippen LogP contribution in [-0.2, 0) is 15.7 Å². The molecule has 1 amide bonds. The number of amides is 1. The van der Waals surface area contributed by atoms with E-state index in [1.165, 1.54) is 12.0 Å². The molecule has 0 unspecified atom stereocenters. The number of nitrogens with zero attached hydrogens (tertiary/aromatic N) is 3. The van der Waals surface area contributed by atoms with E-state index in [0.717, 1.165) is 16.4 Å². The maximum absolute atomic E-state index is 14.4. The Balaban J connectivity index is 2.00. The number of alkyl halides is 3. The molecule has 0 saturated heterocycles. The van der Waals surface area contributed by atoms with Crippen LogP contribution < -0.4 is 0 Å². The van der Waals surface area contributed by atoms with Crippen LogP contribution in [0.3, 0.4) is 0 Å². The third-order valence-electron chi connectivity index (χ3n) is 6.85. The Labute approximate surface area is 236 Å². The molecule has 1 saturated carbocycles. The van der Waals surface area contributed by atoms with E-state index in [1.54, 1.807) is 12.1 Å². The Kier molecular flexibility index (Phi) is 9.66. The fourth-order valence-electron chi connectivity index (χ4n) is 5.11. The molecule has 1 N–H and O–H groups in total. The molecule has 39 heavy (non-hydrogen) atoms. The summed E-state index contributed by atoms with van der Waals surface area (Å²) in [6.07, 6.45) is -3.78. The number of rotatable bonds is 8. The lowest BCUT2D eigenvalue weighted by Crippen LogP contribution is -2.41. The number of methoxy groups -OCH3 is 1. The fourth-order valence-corrected chi connectivity index (χ4v) is 5.95. The van der Waals surface area contributed by atoms with Crippen molar-refractivity contribution in [2.75, 3.05) is 20.2 Å². The van der Waals surface area contributed by atoms with Crippen molar-refractivity contribution in [2.24, 2.45) is 11.3 Å². The second-order valence-corrected chi connectivity index (χ2v) is 12.1. The molecule has 3 rings (SSSR count). The number of carboxylic acid groups (broad SMARTS) is 1. The maximum atomic E-state index is 14.4. The topological polar surface area (TPSA) is 84.7 Å². The minimum absolute atomic E-state index is 0.0959. The number of carbonyl (C=O) groups is 2. The molecular formula is C27H34Cl2F3N3O4. The number of aromatic nitrogens is 2. The number of carboxylic acids is 1. The zero-order valence-electron chi connectivity index (χ0n) is 22.6. The quantitative estimate of drug-likeness (QED) is 0.350. The van der Waals surface area contributed by atoms with Crippen LogP contribution in [-0.4, -0.2) is 51.9 Å². The van der Waals surface area contributed by atoms with Gasteiger partial charge in [0, 0.05) is 29.3 Å². The van der Waals surface area contributed by atoms with Crippen molar-refractivity contribution in [3.8, 4) is 0 Å². The van der Waals surface area contributed by atoms with Gasteiger partial charge < -0.3 is 14.7 Å². The highest BCUT2D eigenvalue weighted by Gasteiger charge is 2.43. The molecule has 0 radical (unpaired) electrons. The van der Waals surface area contributed by atoms with Crippen molar-refractivity contribution in [3.05, 3.63) is 50.8 Å². The molecular weight excluding hydrogens is 558 g/mol. The number of carbonyl (C=O) groups excluding carboxylic acids is 1. The lowest BCUT2D eigenvalue weighted by Gasteiger charge is -2.33. The van der Waals surface area contributed by atoms with Gasteiger partial charge in [0.1, 0.15) is 6.10 Å². The molecule has 0 aliphatic heterocycles. The van der Waals surface area contributed by atoms with Gasteiger partial charge in [-0.3, -0.25) is 14.3 Å². The van der Waals surface area contributed by atoms with Gasteiger partial charge in [0.2, 0.25) is 0 Å². The number of hydrogen-bond donors (Lipinski definition) is 1. The highest BCUT2D eigenvalue weighted by molar-refractivity contribution is 6.36. The summed E-state index contributed by atoms with van der Waals surface area (Å²) in [6.45, 7) is 7.46. The second-order valence-electron chi connectivity index (χ2n) is 11.3. The number of hydrogen-bond acceptors (Lipinski definition) is 4. The molecule has 1 aromatic heterocycles. The number of halogens is 5. The van der Waals surface area contributed by atoms with E-state index in [2.05, 4.69) is 5.10 Å². The van der Waals surface area contributed by atoms with Crippen LogP contribution in [0.4, 0.5) is 13.2 Å². The minimum Gasteiger partial charge on any atom is -0.481 e. The Bertz CT molecular complexity index is 1180. The first kappa shape index (κ1) is 31.2. The Morgan fingerprint density at radius 2 is 1.72 bits per heavy atom. The van der Waals surface area contributed by atoms with Gasteiger partial charge >= 0.3 is 12.1 Å². The van der Waals surface area contributed by atoms with Crippen LogP contribution in [0.15, 0.2) is 18.3 Å². The van der Waals surface area contributed by atoms with Crippen LogP contribution in [0.1, 0.15) is 85.8 Å². The first-order valence-electron chi connectivity index (χ1n) is 12.7. The van der Waals surface area contributed by atoms with Crippen molar-refractivity contribution in [1.82, 2.24) is 14.7 Å². The summed E-state index contributed by atoms with van der Waals surface area (Å²) < 4.78 is 49.7. The van der Waals surface area contributed by atoms with Crippen LogP contribution in [0.5, 0.6) is 0 Å². The maximum Gasteiger partial charge on any atom is 0.433 e. The average molecular weight is 592 g/mol. The monoisotopic (exact) mass is 591 g/mol. The van der Waals surface area contributed by atoms with Gasteiger partial charge in [0.15, 0.2) is 5.69 Å². The average Bonchev–Trinajstić information content (AvgIpc) is 3.27. The zero-order valence-corrected chi connectivity index (χ0v) is 24.1. The summed E-state index contributed by atoms with van der Waals surface area (Å²) in [6, 6.07) is 2.75. The highest BCUT2D eigenvalue weighted by Crippen LogP contribution is 2.40. The molecule has 1 aromatic carbocycles. The van der Waals surface area contributed by atoms with Crippen molar-refractivity contribution < 1.29 is 32.6 Å². The van der Waals surface area contributed by atoms with E-state index in [9.17, 15) is 27.9 Å². The summed E-state index contributed by atoms with van der Waals surface area (Å²) in [5.41, 5.74) is -0.891. The Morgan fingerprint density at radius 1 is 1.15 bits per heavy atom. The number of aryl methyl sites for hydroxylation is 1. The van der Waals surface area contributed by atoms with Gasteiger partial charge in [0.25, 0.3) is 5.91 Å². The van der Waals surface area contributed by atoms with Crippen LogP contribution in [0.2, 0.25) is 10.0 Å². The van der Waals surface area contributed by atoms with E-state index >= 15 is 0 Å². The minimum atomic E-state index is -4.86. The second kappa shape index (κ2) is 12.1. The molecule has 2 aromatic rings. The molecule has 12 heteroatoms. The normalized spacial score (nSPS) is 19.1. The number of ether oxygens (including phenoxy) is 1.